The average molecular weight is 415 g/mol. The lowest BCUT2D eigenvalue weighted by molar-refractivity contribution is 0.108. The smallest absolute Gasteiger partial charge is 0.307 e. The van der Waals surface area contributed by atoms with Crippen LogP contribution in [0, 0.1) is 0 Å². The zero-order valence-corrected chi connectivity index (χ0v) is 16.6. The Hall–Kier alpha value is -3.33. The van der Waals surface area contributed by atoms with Crippen LogP contribution in [-0.2, 0) is 11.3 Å². The number of aromatic amines is 1. The number of hydrogen-bond donors (Lipinski definition) is 2. The van der Waals surface area contributed by atoms with Crippen LogP contribution in [0.4, 0.5) is 0 Å². The molecule has 0 aliphatic heterocycles. The molecule has 0 aliphatic carbocycles. The second kappa shape index (κ2) is 10.3. The summed E-state index contributed by atoms with van der Waals surface area (Å²) >= 11 is 1.00. The number of hydrogen-bond acceptors (Lipinski definition) is 8. The summed E-state index contributed by atoms with van der Waals surface area (Å²) in [4.78, 5) is 23.2. The summed E-state index contributed by atoms with van der Waals surface area (Å²) < 4.78 is 10.9. The fourth-order valence-electron chi connectivity index (χ4n) is 2.41. The quantitative estimate of drug-likeness (QED) is 0.300. The molecule has 0 radical (unpaired) electrons. The van der Waals surface area contributed by atoms with Crippen molar-refractivity contribution >= 4 is 17.6 Å². The van der Waals surface area contributed by atoms with Gasteiger partial charge in [-0.3, -0.25) is 9.78 Å². The lowest BCUT2D eigenvalue weighted by atomic mass is 10.1. The number of ether oxygens (including phenoxy) is 2. The molecule has 0 bridgehead atoms. The third-order valence-corrected chi connectivity index (χ3v) is 4.63. The van der Waals surface area contributed by atoms with E-state index in [1.54, 1.807) is 18.5 Å². The molecule has 3 aromatic rings. The van der Waals surface area contributed by atoms with Crippen molar-refractivity contribution in [3.63, 3.8) is 0 Å². The Labute approximate surface area is 171 Å². The van der Waals surface area contributed by atoms with Crippen molar-refractivity contribution in [2.45, 2.75) is 13.3 Å². The summed E-state index contributed by atoms with van der Waals surface area (Å²) in [7, 11) is 0. The third kappa shape index (κ3) is 6.35. The van der Waals surface area contributed by atoms with Crippen LogP contribution < -0.4 is 14.3 Å². The maximum Gasteiger partial charge on any atom is 0.307 e. The molecule has 0 atom stereocenters. The van der Waals surface area contributed by atoms with Gasteiger partial charge in [0.15, 0.2) is 6.61 Å². The number of nitrogens with one attached hydrogen (secondary N) is 1. The Morgan fingerprint density at radius 1 is 1.17 bits per heavy atom. The molecule has 2 N–H and O–H groups in total. The maximum absolute atomic E-state index is 11.2. The minimum atomic E-state index is -0.265. The molecule has 1 aromatic carbocycles. The highest BCUT2D eigenvalue weighted by atomic mass is 32.1. The maximum atomic E-state index is 11.2. The van der Waals surface area contributed by atoms with Crippen molar-refractivity contribution in [3.05, 3.63) is 68.3 Å². The van der Waals surface area contributed by atoms with Crippen LogP contribution in [0.3, 0.4) is 0 Å². The van der Waals surface area contributed by atoms with E-state index in [1.807, 2.05) is 37.3 Å². The van der Waals surface area contributed by atoms with Gasteiger partial charge in [-0.15, -0.1) is 0 Å². The summed E-state index contributed by atoms with van der Waals surface area (Å²) in [6.07, 6.45) is 3.71. The Kier molecular flexibility index (Phi) is 7.23. The number of aromatic hydroxyl groups is 1. The molecule has 0 amide bonds. The topological polar surface area (TPSA) is 106 Å². The first-order valence-corrected chi connectivity index (χ1v) is 9.82. The van der Waals surface area contributed by atoms with Gasteiger partial charge in [0.2, 0.25) is 11.8 Å². The lowest BCUT2D eigenvalue weighted by Gasteiger charge is -2.06. The first kappa shape index (κ1) is 20.4. The van der Waals surface area contributed by atoms with Crippen LogP contribution >= 0.6 is 11.3 Å². The van der Waals surface area contributed by atoms with Gasteiger partial charge in [0.1, 0.15) is 12.4 Å². The predicted molar refractivity (Wildman–Crippen MR) is 110 cm³/mol. The second-order valence-corrected chi connectivity index (χ2v) is 6.95. The van der Waals surface area contributed by atoms with Crippen molar-refractivity contribution < 1.29 is 19.4 Å². The Morgan fingerprint density at radius 3 is 2.66 bits per heavy atom. The Balaban J connectivity index is 1.38. The fraction of sp³-hybridized carbons (Fsp3) is 0.250. The van der Waals surface area contributed by atoms with Crippen molar-refractivity contribution in [2.24, 2.45) is 5.16 Å². The normalized spacial score (nSPS) is 10.9. The molecular weight excluding hydrogens is 394 g/mol. The number of rotatable bonds is 10. The monoisotopic (exact) mass is 415 g/mol. The highest BCUT2D eigenvalue weighted by Gasteiger charge is 2.07. The molecule has 8 nitrogen and oxygen atoms in total. The number of aromatic nitrogens is 2. The zero-order valence-electron chi connectivity index (χ0n) is 15.8. The molecule has 0 fully saturated rings. The SMILES string of the molecule is CCOc1ccc(C=NOCCOc2ccc(Cc3sc(=O)[nH]c3O)cc2)cn1. The molecule has 2 aromatic heterocycles. The van der Waals surface area contributed by atoms with Crippen molar-refractivity contribution in [1.29, 1.82) is 0 Å². The molecule has 152 valence electrons. The minimum absolute atomic E-state index is 0.0703. The first-order valence-electron chi connectivity index (χ1n) is 9.01. The molecule has 0 unspecified atom stereocenters. The van der Waals surface area contributed by atoms with Gasteiger partial charge in [-0.25, -0.2) is 4.98 Å². The van der Waals surface area contributed by atoms with Crippen molar-refractivity contribution in [3.8, 4) is 17.5 Å². The Bertz CT molecular complexity index is 981. The summed E-state index contributed by atoms with van der Waals surface area (Å²) in [5, 5.41) is 13.5. The highest BCUT2D eigenvalue weighted by Crippen LogP contribution is 2.21. The number of H-pyrrole nitrogens is 1. The molecule has 2 heterocycles. The van der Waals surface area contributed by atoms with Crippen molar-refractivity contribution in [1.82, 2.24) is 9.97 Å². The van der Waals surface area contributed by atoms with Crippen LogP contribution in [-0.4, -0.2) is 41.1 Å². The summed E-state index contributed by atoms with van der Waals surface area (Å²) in [5.41, 5.74) is 1.77. The predicted octanol–water partition coefficient (Wildman–Crippen LogP) is 2.96. The number of oxime groups is 1. The van der Waals surface area contributed by atoms with E-state index in [9.17, 15) is 9.90 Å². The van der Waals surface area contributed by atoms with E-state index in [0.717, 1.165) is 22.5 Å². The number of thiazole rings is 1. The standard InChI is InChI=1S/C20H21N3O5S/c1-2-26-18-8-5-15(12-21-18)13-22-28-10-9-27-16-6-3-14(4-7-16)11-17-19(24)23-20(25)29-17/h3-8,12-13,24H,2,9-11H2,1H3,(H,23,25). The van der Waals surface area contributed by atoms with E-state index in [-0.39, 0.29) is 10.8 Å². The van der Waals surface area contributed by atoms with Gasteiger partial charge in [0, 0.05) is 24.2 Å². The van der Waals surface area contributed by atoms with E-state index < -0.39 is 0 Å². The molecule has 9 heteroatoms. The average Bonchev–Trinajstić information content (AvgIpc) is 3.04. The van der Waals surface area contributed by atoms with Crippen LogP contribution in [0.5, 0.6) is 17.5 Å². The minimum Gasteiger partial charge on any atom is -0.494 e. The molecule has 0 aliphatic rings. The number of benzene rings is 1. The van der Waals surface area contributed by atoms with E-state index >= 15 is 0 Å². The molecule has 0 spiro atoms. The fourth-order valence-corrected chi connectivity index (χ4v) is 3.17. The van der Waals surface area contributed by atoms with E-state index in [1.165, 1.54) is 0 Å². The van der Waals surface area contributed by atoms with Gasteiger partial charge in [-0.1, -0.05) is 28.6 Å². The van der Waals surface area contributed by atoms with Crippen LogP contribution in [0.15, 0.2) is 52.5 Å². The van der Waals surface area contributed by atoms with Crippen LogP contribution in [0.2, 0.25) is 0 Å². The third-order valence-electron chi connectivity index (χ3n) is 3.76. The Morgan fingerprint density at radius 2 is 2.00 bits per heavy atom. The van der Waals surface area contributed by atoms with Crippen LogP contribution in [0.1, 0.15) is 22.9 Å². The number of pyridine rings is 1. The largest absolute Gasteiger partial charge is 0.494 e. The molecular formula is C20H21N3O5S. The number of nitrogens with zero attached hydrogens (tertiary/aromatic N) is 2. The molecule has 3 rings (SSSR count). The zero-order chi connectivity index (χ0) is 20.5. The van der Waals surface area contributed by atoms with Gasteiger partial charge in [0.05, 0.1) is 17.7 Å². The summed E-state index contributed by atoms with van der Waals surface area (Å²) in [5.74, 6) is 1.20. The first-order chi connectivity index (χ1) is 14.1. The van der Waals surface area contributed by atoms with E-state index in [4.69, 9.17) is 14.3 Å². The lowest BCUT2D eigenvalue weighted by Crippen LogP contribution is -2.04. The molecule has 0 saturated heterocycles. The van der Waals surface area contributed by atoms with Gasteiger partial charge < -0.3 is 19.4 Å². The molecule has 29 heavy (non-hydrogen) atoms. The summed E-state index contributed by atoms with van der Waals surface area (Å²) in [6, 6.07) is 11.0. The van der Waals surface area contributed by atoms with Crippen molar-refractivity contribution in [2.75, 3.05) is 19.8 Å². The van der Waals surface area contributed by atoms with E-state index in [2.05, 4.69) is 15.1 Å². The van der Waals surface area contributed by atoms with Gasteiger partial charge in [0.25, 0.3) is 0 Å². The summed E-state index contributed by atoms with van der Waals surface area (Å²) in [6.45, 7) is 3.12. The van der Waals surface area contributed by atoms with Gasteiger partial charge in [-0.2, -0.15) is 0 Å². The van der Waals surface area contributed by atoms with E-state index in [0.29, 0.717) is 42.7 Å². The van der Waals surface area contributed by atoms with Gasteiger partial charge in [-0.05, 0) is 30.7 Å². The van der Waals surface area contributed by atoms with Gasteiger partial charge >= 0.3 is 4.87 Å². The molecule has 0 saturated carbocycles. The highest BCUT2D eigenvalue weighted by molar-refractivity contribution is 7.09. The second-order valence-electron chi connectivity index (χ2n) is 5.89. The van der Waals surface area contributed by atoms with Crippen LogP contribution in [0.25, 0.3) is 0 Å².